The monoisotopic (exact) mass is 410 g/mol. The van der Waals surface area contributed by atoms with E-state index in [1.54, 1.807) is 12.1 Å². The molecule has 2 saturated carbocycles. The third-order valence-electron chi connectivity index (χ3n) is 7.15. The highest BCUT2D eigenvalue weighted by molar-refractivity contribution is 6.23. The minimum atomic E-state index is -0.930. The molecule has 1 aromatic rings. The standard InChI is InChI=1S/C22H26N4O4/c23-14-6-12-8-15(9-13(12)7-14)24-10-11-1-2-16-17(5-11)22(30)26(21(16)29)18-3-4-19(27)25-20(18)28/h1-2,5,12-15,18,24H,3-4,6-10,23H2,(H,25,27,28). The molecular weight excluding hydrogens is 384 g/mol. The van der Waals surface area contributed by atoms with E-state index in [4.69, 9.17) is 5.73 Å². The Kier molecular flexibility index (Phi) is 4.71. The molecule has 3 atom stereocenters. The van der Waals surface area contributed by atoms with Crippen LogP contribution in [0.3, 0.4) is 0 Å². The highest BCUT2D eigenvalue weighted by atomic mass is 16.2. The summed E-state index contributed by atoms with van der Waals surface area (Å²) in [7, 11) is 0. The molecule has 3 fully saturated rings. The largest absolute Gasteiger partial charge is 0.328 e. The van der Waals surface area contributed by atoms with E-state index in [9.17, 15) is 19.2 Å². The van der Waals surface area contributed by atoms with Crippen LogP contribution in [0.5, 0.6) is 0 Å². The van der Waals surface area contributed by atoms with Gasteiger partial charge in [-0.2, -0.15) is 0 Å². The van der Waals surface area contributed by atoms with E-state index in [0.717, 1.165) is 48.0 Å². The van der Waals surface area contributed by atoms with Gasteiger partial charge < -0.3 is 11.1 Å². The summed E-state index contributed by atoms with van der Waals surface area (Å²) in [6, 6.07) is 5.16. The van der Waals surface area contributed by atoms with Gasteiger partial charge in [-0.1, -0.05) is 6.07 Å². The lowest BCUT2D eigenvalue weighted by Crippen LogP contribution is -2.54. The molecule has 0 spiro atoms. The molecule has 0 aromatic heterocycles. The number of nitrogens with zero attached hydrogens (tertiary/aromatic N) is 1. The van der Waals surface area contributed by atoms with Crippen LogP contribution in [0.4, 0.5) is 0 Å². The summed E-state index contributed by atoms with van der Waals surface area (Å²) in [4.78, 5) is 50.2. The predicted octanol–water partition coefficient (Wildman–Crippen LogP) is 0.693. The number of carbonyl (C=O) groups is 4. The maximum Gasteiger partial charge on any atom is 0.262 e. The Bertz CT molecular complexity index is 931. The second-order valence-electron chi connectivity index (χ2n) is 9.13. The molecule has 4 amide bonds. The molecule has 2 aliphatic carbocycles. The smallest absolute Gasteiger partial charge is 0.262 e. The Morgan fingerprint density at radius 2 is 1.70 bits per heavy atom. The summed E-state index contributed by atoms with van der Waals surface area (Å²) in [6.07, 6.45) is 4.81. The van der Waals surface area contributed by atoms with Crippen LogP contribution in [-0.2, 0) is 16.1 Å². The molecule has 3 unspecified atom stereocenters. The molecule has 8 heteroatoms. The first-order valence-corrected chi connectivity index (χ1v) is 10.7. The van der Waals surface area contributed by atoms with Crippen molar-refractivity contribution in [1.82, 2.24) is 15.5 Å². The van der Waals surface area contributed by atoms with Crippen molar-refractivity contribution in [2.75, 3.05) is 0 Å². The van der Waals surface area contributed by atoms with Gasteiger partial charge in [0, 0.05) is 25.0 Å². The van der Waals surface area contributed by atoms with Crippen LogP contribution in [0.1, 0.15) is 64.8 Å². The zero-order valence-electron chi connectivity index (χ0n) is 16.7. The number of carbonyl (C=O) groups excluding carboxylic acids is 4. The highest BCUT2D eigenvalue weighted by Crippen LogP contribution is 2.43. The van der Waals surface area contributed by atoms with Crippen molar-refractivity contribution in [3.05, 3.63) is 34.9 Å². The average Bonchev–Trinajstić information content (AvgIpc) is 3.31. The van der Waals surface area contributed by atoms with E-state index in [0.29, 0.717) is 29.8 Å². The Hall–Kier alpha value is -2.58. The topological polar surface area (TPSA) is 122 Å². The number of hydrogen-bond donors (Lipinski definition) is 3. The molecule has 0 radical (unpaired) electrons. The van der Waals surface area contributed by atoms with E-state index in [1.807, 2.05) is 6.07 Å². The van der Waals surface area contributed by atoms with E-state index in [1.165, 1.54) is 0 Å². The fourth-order valence-corrected chi connectivity index (χ4v) is 5.72. The predicted molar refractivity (Wildman–Crippen MR) is 107 cm³/mol. The Morgan fingerprint density at radius 1 is 1.00 bits per heavy atom. The van der Waals surface area contributed by atoms with E-state index >= 15 is 0 Å². The van der Waals surface area contributed by atoms with Crippen LogP contribution in [-0.4, -0.2) is 46.7 Å². The van der Waals surface area contributed by atoms with E-state index < -0.39 is 23.8 Å². The maximum atomic E-state index is 12.9. The molecule has 2 aliphatic heterocycles. The molecule has 1 aromatic carbocycles. The average molecular weight is 410 g/mol. The number of fused-ring (bicyclic) bond motifs is 2. The highest BCUT2D eigenvalue weighted by Gasteiger charge is 2.45. The first-order valence-electron chi connectivity index (χ1n) is 10.7. The van der Waals surface area contributed by atoms with Crippen molar-refractivity contribution in [1.29, 1.82) is 0 Å². The molecule has 5 rings (SSSR count). The molecule has 1 saturated heterocycles. The molecule has 8 nitrogen and oxygen atoms in total. The summed E-state index contributed by atoms with van der Waals surface area (Å²) in [5.41, 5.74) is 7.65. The molecule has 158 valence electrons. The van der Waals surface area contributed by atoms with Crippen LogP contribution >= 0.6 is 0 Å². The minimum absolute atomic E-state index is 0.118. The van der Waals surface area contributed by atoms with Gasteiger partial charge in [-0.25, -0.2) is 0 Å². The molecule has 2 heterocycles. The lowest BCUT2D eigenvalue weighted by molar-refractivity contribution is -0.136. The first kappa shape index (κ1) is 19.4. The fraction of sp³-hybridized carbons (Fsp3) is 0.545. The Labute approximate surface area is 174 Å². The second kappa shape index (κ2) is 7.28. The summed E-state index contributed by atoms with van der Waals surface area (Å²) in [5, 5.41) is 5.81. The van der Waals surface area contributed by atoms with Gasteiger partial charge in [-0.15, -0.1) is 0 Å². The number of benzene rings is 1. The van der Waals surface area contributed by atoms with E-state index in [-0.39, 0.29) is 18.7 Å². The van der Waals surface area contributed by atoms with Gasteiger partial charge in [0.1, 0.15) is 6.04 Å². The lowest BCUT2D eigenvalue weighted by atomic mass is 10.0. The van der Waals surface area contributed by atoms with Crippen molar-refractivity contribution in [2.45, 2.75) is 63.2 Å². The van der Waals surface area contributed by atoms with Crippen LogP contribution in [0.25, 0.3) is 0 Å². The molecule has 30 heavy (non-hydrogen) atoms. The van der Waals surface area contributed by atoms with Gasteiger partial charge in [-0.05, 0) is 61.6 Å². The second-order valence-corrected chi connectivity index (χ2v) is 9.13. The number of rotatable bonds is 4. The quantitative estimate of drug-likeness (QED) is 0.628. The minimum Gasteiger partial charge on any atom is -0.328 e. The van der Waals surface area contributed by atoms with Crippen LogP contribution in [0.15, 0.2) is 18.2 Å². The van der Waals surface area contributed by atoms with Crippen molar-refractivity contribution in [3.63, 3.8) is 0 Å². The number of piperidine rings is 1. The Morgan fingerprint density at radius 3 is 2.40 bits per heavy atom. The van der Waals surface area contributed by atoms with Crippen molar-refractivity contribution >= 4 is 23.6 Å². The van der Waals surface area contributed by atoms with Gasteiger partial charge in [0.05, 0.1) is 11.1 Å². The summed E-state index contributed by atoms with van der Waals surface area (Å²) in [5.74, 6) is -0.453. The van der Waals surface area contributed by atoms with Gasteiger partial charge in [0.2, 0.25) is 11.8 Å². The van der Waals surface area contributed by atoms with Gasteiger partial charge >= 0.3 is 0 Å². The number of nitrogens with two attached hydrogens (primary N) is 1. The lowest BCUT2D eigenvalue weighted by Gasteiger charge is -2.27. The van der Waals surface area contributed by atoms with E-state index in [2.05, 4.69) is 10.6 Å². The third kappa shape index (κ3) is 3.24. The molecule has 4 N–H and O–H groups in total. The van der Waals surface area contributed by atoms with Gasteiger partial charge in [0.25, 0.3) is 11.8 Å². The zero-order valence-corrected chi connectivity index (χ0v) is 16.7. The number of amides is 4. The molecular formula is C22H26N4O4. The van der Waals surface area contributed by atoms with Gasteiger partial charge in [-0.3, -0.25) is 29.4 Å². The summed E-state index contributed by atoms with van der Waals surface area (Å²) in [6.45, 7) is 0.628. The summed E-state index contributed by atoms with van der Waals surface area (Å²) >= 11 is 0. The summed E-state index contributed by atoms with van der Waals surface area (Å²) < 4.78 is 0. The first-order chi connectivity index (χ1) is 14.4. The molecule has 0 bridgehead atoms. The normalized spacial score (nSPS) is 33.1. The van der Waals surface area contributed by atoms with Crippen LogP contribution in [0, 0.1) is 11.8 Å². The number of hydrogen-bond acceptors (Lipinski definition) is 6. The number of imide groups is 2. The van der Waals surface area contributed by atoms with Crippen molar-refractivity contribution in [3.8, 4) is 0 Å². The Balaban J connectivity index is 1.26. The van der Waals surface area contributed by atoms with Crippen LogP contribution in [0.2, 0.25) is 0 Å². The van der Waals surface area contributed by atoms with Crippen molar-refractivity contribution < 1.29 is 19.2 Å². The SMILES string of the molecule is NC1CC2CC(NCc3ccc4c(c3)C(=O)N(C3CCC(=O)NC3=O)C4=O)CC2C1. The maximum absolute atomic E-state index is 12.9. The number of nitrogens with one attached hydrogen (secondary N) is 2. The third-order valence-corrected chi connectivity index (χ3v) is 7.15. The molecule has 4 aliphatic rings. The fourth-order valence-electron chi connectivity index (χ4n) is 5.72. The van der Waals surface area contributed by atoms with Gasteiger partial charge in [0.15, 0.2) is 0 Å². The zero-order chi connectivity index (χ0) is 21.0. The van der Waals surface area contributed by atoms with Crippen molar-refractivity contribution in [2.24, 2.45) is 17.6 Å². The van der Waals surface area contributed by atoms with Crippen LogP contribution < -0.4 is 16.4 Å².